The highest BCUT2D eigenvalue weighted by Crippen LogP contribution is 2.23. The number of hydrogen-bond donors (Lipinski definition) is 1. The molecule has 1 heterocycles. The van der Waals surface area contributed by atoms with Crippen LogP contribution in [0.25, 0.3) is 0 Å². The van der Waals surface area contributed by atoms with Gasteiger partial charge in [-0.3, -0.25) is 4.98 Å². The molecule has 0 aliphatic carbocycles. The summed E-state index contributed by atoms with van der Waals surface area (Å²) in [6, 6.07) is 0.244. The van der Waals surface area contributed by atoms with Crippen molar-refractivity contribution in [3.8, 4) is 5.88 Å². The number of nitrogens with one attached hydrogen (secondary N) is 1. The van der Waals surface area contributed by atoms with Gasteiger partial charge in [0.2, 0.25) is 5.88 Å². The number of rotatable bonds is 7. The predicted molar refractivity (Wildman–Crippen MR) is 64.5 cm³/mol. The first kappa shape index (κ1) is 12.9. The van der Waals surface area contributed by atoms with Crippen LogP contribution in [0.1, 0.15) is 44.8 Å². The zero-order chi connectivity index (χ0) is 11.8. The molecule has 0 saturated carbocycles. The normalized spacial score (nSPS) is 12.4. The average molecular weight is 223 g/mol. The molecular formula is C12H21N3O. The van der Waals surface area contributed by atoms with E-state index in [0.29, 0.717) is 5.88 Å². The highest BCUT2D eigenvalue weighted by atomic mass is 16.5. The average Bonchev–Trinajstić information content (AvgIpc) is 2.34. The lowest BCUT2D eigenvalue weighted by Crippen LogP contribution is -2.23. The summed E-state index contributed by atoms with van der Waals surface area (Å²) in [5.41, 5.74) is 0.917. The van der Waals surface area contributed by atoms with Gasteiger partial charge in [-0.2, -0.15) is 0 Å². The van der Waals surface area contributed by atoms with E-state index in [0.717, 1.165) is 31.5 Å². The Bertz CT molecular complexity index is 304. The molecule has 0 aliphatic heterocycles. The third kappa shape index (κ3) is 3.45. The molecule has 1 aromatic rings. The molecular weight excluding hydrogens is 202 g/mol. The molecule has 4 nitrogen and oxygen atoms in total. The Morgan fingerprint density at radius 1 is 1.25 bits per heavy atom. The SMILES string of the molecule is CCCNC(CCC)c1nccnc1OC. The Morgan fingerprint density at radius 3 is 2.62 bits per heavy atom. The lowest BCUT2D eigenvalue weighted by Gasteiger charge is -2.18. The van der Waals surface area contributed by atoms with Crippen LogP contribution in [0, 0.1) is 0 Å². The van der Waals surface area contributed by atoms with Crippen LogP contribution in [0.15, 0.2) is 12.4 Å². The number of aromatic nitrogens is 2. The van der Waals surface area contributed by atoms with Crippen molar-refractivity contribution in [2.45, 2.75) is 39.2 Å². The van der Waals surface area contributed by atoms with Crippen LogP contribution in [0.4, 0.5) is 0 Å². The summed E-state index contributed by atoms with van der Waals surface area (Å²) in [7, 11) is 1.64. The van der Waals surface area contributed by atoms with E-state index in [1.165, 1.54) is 0 Å². The molecule has 16 heavy (non-hydrogen) atoms. The zero-order valence-corrected chi connectivity index (χ0v) is 10.4. The monoisotopic (exact) mass is 223 g/mol. The van der Waals surface area contributed by atoms with E-state index in [4.69, 9.17) is 4.74 Å². The van der Waals surface area contributed by atoms with Crippen LogP contribution in [-0.4, -0.2) is 23.6 Å². The van der Waals surface area contributed by atoms with Crippen LogP contribution < -0.4 is 10.1 Å². The van der Waals surface area contributed by atoms with Gasteiger partial charge < -0.3 is 10.1 Å². The lowest BCUT2D eigenvalue weighted by molar-refractivity contribution is 0.372. The number of ether oxygens (including phenoxy) is 1. The summed E-state index contributed by atoms with van der Waals surface area (Å²) in [6.45, 7) is 5.32. The van der Waals surface area contributed by atoms with E-state index in [1.807, 2.05) is 0 Å². The molecule has 0 amide bonds. The van der Waals surface area contributed by atoms with Crippen LogP contribution in [0.3, 0.4) is 0 Å². The maximum absolute atomic E-state index is 5.24. The quantitative estimate of drug-likeness (QED) is 0.770. The molecule has 90 valence electrons. The van der Waals surface area contributed by atoms with Crippen molar-refractivity contribution in [3.05, 3.63) is 18.1 Å². The van der Waals surface area contributed by atoms with Gasteiger partial charge in [-0.1, -0.05) is 20.3 Å². The van der Waals surface area contributed by atoms with Gasteiger partial charge in [0.05, 0.1) is 13.2 Å². The van der Waals surface area contributed by atoms with Crippen LogP contribution in [0.5, 0.6) is 5.88 Å². The molecule has 4 heteroatoms. The summed E-state index contributed by atoms with van der Waals surface area (Å²) in [4.78, 5) is 8.56. The second-order valence-electron chi connectivity index (χ2n) is 3.75. The molecule has 1 unspecified atom stereocenters. The first-order valence-electron chi connectivity index (χ1n) is 5.91. The highest BCUT2D eigenvalue weighted by molar-refractivity contribution is 5.21. The minimum absolute atomic E-state index is 0.244. The van der Waals surface area contributed by atoms with E-state index < -0.39 is 0 Å². The van der Waals surface area contributed by atoms with E-state index in [9.17, 15) is 0 Å². The summed E-state index contributed by atoms with van der Waals surface area (Å²) >= 11 is 0. The maximum Gasteiger partial charge on any atom is 0.236 e. The van der Waals surface area contributed by atoms with Crippen LogP contribution in [0.2, 0.25) is 0 Å². The summed E-state index contributed by atoms with van der Waals surface area (Å²) < 4.78 is 5.24. The van der Waals surface area contributed by atoms with Gasteiger partial charge in [-0.05, 0) is 19.4 Å². The smallest absolute Gasteiger partial charge is 0.236 e. The second-order valence-corrected chi connectivity index (χ2v) is 3.75. The molecule has 0 fully saturated rings. The fourth-order valence-corrected chi connectivity index (χ4v) is 1.68. The molecule has 1 atom stereocenters. The summed E-state index contributed by atoms with van der Waals surface area (Å²) in [6.07, 6.45) is 6.65. The Labute approximate surface area is 97.5 Å². The third-order valence-electron chi connectivity index (χ3n) is 2.43. The van der Waals surface area contributed by atoms with E-state index >= 15 is 0 Å². The largest absolute Gasteiger partial charge is 0.480 e. The summed E-state index contributed by atoms with van der Waals surface area (Å²) in [5.74, 6) is 0.629. The molecule has 1 aromatic heterocycles. The van der Waals surface area contributed by atoms with Crippen molar-refractivity contribution in [1.29, 1.82) is 0 Å². The van der Waals surface area contributed by atoms with Crippen LogP contribution in [-0.2, 0) is 0 Å². The van der Waals surface area contributed by atoms with E-state index in [1.54, 1.807) is 19.5 Å². The summed E-state index contributed by atoms with van der Waals surface area (Å²) in [5, 5.41) is 3.48. The Kier molecular flexibility index (Phi) is 5.78. The molecule has 1 N–H and O–H groups in total. The molecule has 0 aliphatic rings. The standard InChI is InChI=1S/C12H21N3O/c1-4-6-10(13-7-5-2)11-12(16-3)15-9-8-14-11/h8-10,13H,4-7H2,1-3H3. The molecule has 0 aromatic carbocycles. The minimum atomic E-state index is 0.244. The van der Waals surface area contributed by atoms with Crippen molar-refractivity contribution in [1.82, 2.24) is 15.3 Å². The van der Waals surface area contributed by atoms with E-state index in [2.05, 4.69) is 29.1 Å². The molecule has 0 bridgehead atoms. The first-order valence-corrected chi connectivity index (χ1v) is 5.91. The van der Waals surface area contributed by atoms with Gasteiger partial charge in [-0.15, -0.1) is 0 Å². The van der Waals surface area contributed by atoms with Crippen molar-refractivity contribution in [2.24, 2.45) is 0 Å². The van der Waals surface area contributed by atoms with Crippen molar-refractivity contribution in [3.63, 3.8) is 0 Å². The fourth-order valence-electron chi connectivity index (χ4n) is 1.68. The minimum Gasteiger partial charge on any atom is -0.480 e. The van der Waals surface area contributed by atoms with Crippen LogP contribution >= 0.6 is 0 Å². The van der Waals surface area contributed by atoms with Gasteiger partial charge in [0.25, 0.3) is 0 Å². The van der Waals surface area contributed by atoms with Gasteiger partial charge in [-0.25, -0.2) is 4.98 Å². The van der Waals surface area contributed by atoms with Crippen molar-refractivity contribution >= 4 is 0 Å². The third-order valence-corrected chi connectivity index (χ3v) is 2.43. The molecule has 0 radical (unpaired) electrons. The molecule has 0 saturated heterocycles. The van der Waals surface area contributed by atoms with Crippen molar-refractivity contribution in [2.75, 3.05) is 13.7 Å². The number of nitrogens with zero attached hydrogens (tertiary/aromatic N) is 2. The first-order chi connectivity index (χ1) is 7.83. The predicted octanol–water partition coefficient (Wildman–Crippen LogP) is 2.33. The Morgan fingerprint density at radius 2 is 2.00 bits per heavy atom. The number of hydrogen-bond acceptors (Lipinski definition) is 4. The molecule has 1 rings (SSSR count). The van der Waals surface area contributed by atoms with Gasteiger partial charge in [0.15, 0.2) is 0 Å². The Balaban J connectivity index is 2.81. The zero-order valence-electron chi connectivity index (χ0n) is 10.4. The van der Waals surface area contributed by atoms with E-state index in [-0.39, 0.29) is 6.04 Å². The Hall–Kier alpha value is -1.16. The topological polar surface area (TPSA) is 47.0 Å². The van der Waals surface area contributed by atoms with Gasteiger partial charge in [0, 0.05) is 12.4 Å². The highest BCUT2D eigenvalue weighted by Gasteiger charge is 2.16. The maximum atomic E-state index is 5.24. The fraction of sp³-hybridized carbons (Fsp3) is 0.667. The molecule has 0 spiro atoms. The number of methoxy groups -OCH3 is 1. The van der Waals surface area contributed by atoms with Crippen molar-refractivity contribution < 1.29 is 4.74 Å². The lowest BCUT2D eigenvalue weighted by atomic mass is 10.1. The van der Waals surface area contributed by atoms with Gasteiger partial charge >= 0.3 is 0 Å². The second kappa shape index (κ2) is 7.17. The van der Waals surface area contributed by atoms with Gasteiger partial charge in [0.1, 0.15) is 5.69 Å².